The van der Waals surface area contributed by atoms with E-state index < -0.39 is 0 Å². The van der Waals surface area contributed by atoms with Crippen molar-refractivity contribution in [2.75, 3.05) is 13.6 Å². The van der Waals surface area contributed by atoms with Crippen LogP contribution in [0.5, 0.6) is 0 Å². The first-order valence-corrected chi connectivity index (χ1v) is 6.55. The van der Waals surface area contributed by atoms with Crippen LogP contribution in [-0.2, 0) is 9.59 Å². The molecule has 1 atom stereocenters. The fourth-order valence-corrected chi connectivity index (χ4v) is 2.14. The molecule has 0 bridgehead atoms. The highest BCUT2D eigenvalue weighted by atomic mass is 16.2. The fourth-order valence-electron chi connectivity index (χ4n) is 2.14. The molecule has 0 spiro atoms. The molecule has 1 heterocycles. The third kappa shape index (κ3) is 4.46. The van der Waals surface area contributed by atoms with E-state index in [9.17, 15) is 9.59 Å². The summed E-state index contributed by atoms with van der Waals surface area (Å²) in [6.45, 7) is 4.70. The van der Waals surface area contributed by atoms with Crippen LogP contribution in [0.15, 0.2) is 0 Å². The number of likely N-dealkylation sites (tertiary alicyclic amines) is 1. The van der Waals surface area contributed by atoms with E-state index in [1.807, 2.05) is 14.0 Å². The Morgan fingerprint density at radius 2 is 1.88 bits per heavy atom. The van der Waals surface area contributed by atoms with E-state index in [1.54, 1.807) is 0 Å². The molecule has 4 nitrogen and oxygen atoms in total. The predicted octanol–water partition coefficient (Wildman–Crippen LogP) is 1.55. The van der Waals surface area contributed by atoms with Crippen LogP contribution in [0.3, 0.4) is 0 Å². The molecule has 0 aliphatic carbocycles. The molecular formula is C13H24N2O2. The average Bonchev–Trinajstić information content (AvgIpc) is 2.26. The number of piperidine rings is 1. The summed E-state index contributed by atoms with van der Waals surface area (Å²) in [5.74, 6) is 0.237. The van der Waals surface area contributed by atoms with Gasteiger partial charge in [-0.25, -0.2) is 0 Å². The first-order chi connectivity index (χ1) is 8.04. The number of carbonyl (C=O) groups is 2. The van der Waals surface area contributed by atoms with Gasteiger partial charge in [0.05, 0.1) is 0 Å². The molecule has 1 fully saturated rings. The van der Waals surface area contributed by atoms with E-state index >= 15 is 0 Å². The molecule has 1 unspecified atom stereocenters. The standard InChI is InChI=1S/C13H24N2O2/c1-10-8-12(16)15(13(17)9-10)7-5-4-6-11(2)14-3/h10-11,14H,4-9H2,1-3H3. The van der Waals surface area contributed by atoms with Gasteiger partial charge >= 0.3 is 0 Å². The first kappa shape index (κ1) is 14.2. The average molecular weight is 240 g/mol. The molecule has 0 aromatic carbocycles. The summed E-state index contributed by atoms with van der Waals surface area (Å²) in [7, 11) is 1.95. The highest BCUT2D eigenvalue weighted by Gasteiger charge is 2.29. The van der Waals surface area contributed by atoms with Crippen LogP contribution in [0.2, 0.25) is 0 Å². The number of nitrogens with zero attached hydrogens (tertiary/aromatic N) is 1. The normalized spacial score (nSPS) is 19.8. The zero-order chi connectivity index (χ0) is 12.8. The highest BCUT2D eigenvalue weighted by Crippen LogP contribution is 2.19. The number of rotatable bonds is 6. The van der Waals surface area contributed by atoms with Crippen LogP contribution in [0.4, 0.5) is 0 Å². The SMILES string of the molecule is CNC(C)CCCCN1C(=O)CC(C)CC1=O. The molecule has 17 heavy (non-hydrogen) atoms. The number of nitrogens with one attached hydrogen (secondary N) is 1. The molecule has 2 amide bonds. The molecule has 0 aromatic rings. The van der Waals surface area contributed by atoms with Gasteiger partial charge in [-0.3, -0.25) is 14.5 Å². The van der Waals surface area contributed by atoms with Crippen molar-refractivity contribution in [3.05, 3.63) is 0 Å². The lowest BCUT2D eigenvalue weighted by atomic mass is 9.97. The minimum Gasteiger partial charge on any atom is -0.317 e. The van der Waals surface area contributed by atoms with Crippen molar-refractivity contribution in [2.45, 2.75) is 52.0 Å². The summed E-state index contributed by atoms with van der Waals surface area (Å²) < 4.78 is 0. The van der Waals surface area contributed by atoms with Crippen molar-refractivity contribution in [3.8, 4) is 0 Å². The lowest BCUT2D eigenvalue weighted by Crippen LogP contribution is -2.43. The van der Waals surface area contributed by atoms with Gasteiger partial charge in [0.1, 0.15) is 0 Å². The van der Waals surface area contributed by atoms with Crippen LogP contribution < -0.4 is 5.32 Å². The van der Waals surface area contributed by atoms with Gasteiger partial charge in [0.25, 0.3) is 0 Å². The van der Waals surface area contributed by atoms with Gasteiger partial charge in [-0.15, -0.1) is 0 Å². The minimum absolute atomic E-state index is 0.00964. The number of hydrogen-bond acceptors (Lipinski definition) is 3. The van der Waals surface area contributed by atoms with E-state index in [0.29, 0.717) is 25.4 Å². The van der Waals surface area contributed by atoms with E-state index in [1.165, 1.54) is 4.90 Å². The van der Waals surface area contributed by atoms with Crippen LogP contribution in [0, 0.1) is 5.92 Å². The second-order valence-corrected chi connectivity index (χ2v) is 5.14. The van der Waals surface area contributed by atoms with Crippen LogP contribution in [-0.4, -0.2) is 36.3 Å². The predicted molar refractivity (Wildman–Crippen MR) is 67.5 cm³/mol. The number of hydrogen-bond donors (Lipinski definition) is 1. The Morgan fingerprint density at radius 1 is 1.29 bits per heavy atom. The maximum atomic E-state index is 11.7. The summed E-state index contributed by atoms with van der Waals surface area (Å²) >= 11 is 0. The second-order valence-electron chi connectivity index (χ2n) is 5.14. The number of imide groups is 1. The van der Waals surface area contributed by atoms with Crippen molar-refractivity contribution in [1.29, 1.82) is 0 Å². The Bertz CT molecular complexity index is 261. The molecule has 0 aromatic heterocycles. The smallest absolute Gasteiger partial charge is 0.229 e. The van der Waals surface area contributed by atoms with E-state index in [2.05, 4.69) is 12.2 Å². The summed E-state index contributed by atoms with van der Waals surface area (Å²) in [6, 6.07) is 0.503. The fraction of sp³-hybridized carbons (Fsp3) is 0.846. The van der Waals surface area contributed by atoms with Crippen molar-refractivity contribution >= 4 is 11.8 Å². The summed E-state index contributed by atoms with van der Waals surface area (Å²) in [5, 5.41) is 3.18. The lowest BCUT2D eigenvalue weighted by molar-refractivity contribution is -0.149. The van der Waals surface area contributed by atoms with Crippen molar-refractivity contribution < 1.29 is 9.59 Å². The molecule has 1 rings (SSSR count). The molecule has 4 heteroatoms. The van der Waals surface area contributed by atoms with Gasteiger partial charge in [0, 0.05) is 25.4 Å². The zero-order valence-electron chi connectivity index (χ0n) is 11.2. The molecular weight excluding hydrogens is 216 g/mol. The van der Waals surface area contributed by atoms with Gasteiger partial charge in [0.2, 0.25) is 11.8 Å². The molecule has 1 aliphatic heterocycles. The van der Waals surface area contributed by atoms with Crippen molar-refractivity contribution in [2.24, 2.45) is 5.92 Å². The number of amides is 2. The molecule has 0 radical (unpaired) electrons. The topological polar surface area (TPSA) is 49.4 Å². The molecule has 0 saturated carbocycles. The van der Waals surface area contributed by atoms with Gasteiger partial charge in [-0.1, -0.05) is 13.3 Å². The highest BCUT2D eigenvalue weighted by molar-refractivity contribution is 5.97. The third-order valence-electron chi connectivity index (χ3n) is 3.41. The van der Waals surface area contributed by atoms with Crippen LogP contribution >= 0.6 is 0 Å². The largest absolute Gasteiger partial charge is 0.317 e. The number of carbonyl (C=O) groups excluding carboxylic acids is 2. The molecule has 1 N–H and O–H groups in total. The van der Waals surface area contributed by atoms with Gasteiger partial charge in [0.15, 0.2) is 0 Å². The monoisotopic (exact) mass is 240 g/mol. The summed E-state index contributed by atoms with van der Waals surface area (Å²) in [5.41, 5.74) is 0. The first-order valence-electron chi connectivity index (χ1n) is 6.55. The van der Waals surface area contributed by atoms with Gasteiger partial charge in [-0.05, 0) is 32.7 Å². The second kappa shape index (κ2) is 6.74. The number of unbranched alkanes of at least 4 members (excludes halogenated alkanes) is 1. The van der Waals surface area contributed by atoms with Crippen molar-refractivity contribution in [1.82, 2.24) is 10.2 Å². The summed E-state index contributed by atoms with van der Waals surface area (Å²) in [6.07, 6.45) is 4.10. The molecule has 1 aliphatic rings. The Labute approximate surface area is 104 Å². The van der Waals surface area contributed by atoms with E-state index in [4.69, 9.17) is 0 Å². The summed E-state index contributed by atoms with van der Waals surface area (Å²) in [4.78, 5) is 24.8. The lowest BCUT2D eigenvalue weighted by Gasteiger charge is -2.28. The maximum absolute atomic E-state index is 11.7. The van der Waals surface area contributed by atoms with E-state index in [-0.39, 0.29) is 17.7 Å². The molecule has 1 saturated heterocycles. The van der Waals surface area contributed by atoms with Gasteiger partial charge in [-0.2, -0.15) is 0 Å². The molecule has 98 valence electrons. The maximum Gasteiger partial charge on any atom is 0.229 e. The van der Waals surface area contributed by atoms with Crippen molar-refractivity contribution in [3.63, 3.8) is 0 Å². The van der Waals surface area contributed by atoms with E-state index in [0.717, 1.165) is 19.3 Å². The zero-order valence-corrected chi connectivity index (χ0v) is 11.2. The van der Waals surface area contributed by atoms with Gasteiger partial charge < -0.3 is 5.32 Å². The van der Waals surface area contributed by atoms with Crippen LogP contribution in [0.1, 0.15) is 46.0 Å². The van der Waals surface area contributed by atoms with Crippen LogP contribution in [0.25, 0.3) is 0 Å². The minimum atomic E-state index is 0.00964. The Morgan fingerprint density at radius 3 is 2.41 bits per heavy atom. The third-order valence-corrected chi connectivity index (χ3v) is 3.41. The Kier molecular flexibility index (Phi) is 5.62. The Hall–Kier alpha value is -0.900. The quantitative estimate of drug-likeness (QED) is 0.566. The Balaban J connectivity index is 2.26.